The van der Waals surface area contributed by atoms with Crippen LogP contribution in [0.25, 0.3) is 16.2 Å². The lowest BCUT2D eigenvalue weighted by Gasteiger charge is -2.12. The van der Waals surface area contributed by atoms with Crippen LogP contribution < -0.4 is 4.74 Å². The van der Waals surface area contributed by atoms with Gasteiger partial charge in [0.25, 0.3) is 0 Å². The van der Waals surface area contributed by atoms with Crippen LogP contribution in [0.5, 0.6) is 5.75 Å². The minimum Gasteiger partial charge on any atom is -0.488 e. The molecule has 0 atom stereocenters. The Hall–Kier alpha value is -2.83. The Labute approximate surface area is 170 Å². The maximum Gasteiger partial charge on any atom is 0.308 e. The number of aliphatic carboxylic acids is 1. The maximum atomic E-state index is 10.9. The molecular formula is C21H17ClN2O3S. The van der Waals surface area contributed by atoms with Crippen molar-refractivity contribution < 1.29 is 14.6 Å². The molecule has 0 unspecified atom stereocenters. The third kappa shape index (κ3) is 3.88. The Morgan fingerprint density at radius 3 is 2.75 bits per heavy atom. The molecule has 2 aromatic heterocycles. The van der Waals surface area contributed by atoms with Crippen molar-refractivity contribution in [2.75, 3.05) is 0 Å². The van der Waals surface area contributed by atoms with Gasteiger partial charge in [-0.1, -0.05) is 41.9 Å². The fraction of sp³-hybridized carbons (Fsp3) is 0.143. The van der Waals surface area contributed by atoms with Crippen molar-refractivity contribution >= 4 is 33.9 Å². The van der Waals surface area contributed by atoms with Gasteiger partial charge in [0.05, 0.1) is 12.1 Å². The van der Waals surface area contributed by atoms with E-state index in [0.717, 1.165) is 32.2 Å². The topological polar surface area (TPSA) is 63.8 Å². The van der Waals surface area contributed by atoms with Crippen molar-refractivity contribution in [1.82, 2.24) is 9.38 Å². The average Bonchev–Trinajstić information content (AvgIpc) is 3.21. The third-order valence-corrected chi connectivity index (χ3v) is 5.71. The summed E-state index contributed by atoms with van der Waals surface area (Å²) in [7, 11) is 0. The van der Waals surface area contributed by atoms with Gasteiger partial charge in [-0.2, -0.15) is 0 Å². The van der Waals surface area contributed by atoms with Gasteiger partial charge in [-0.3, -0.25) is 9.20 Å². The van der Waals surface area contributed by atoms with Gasteiger partial charge in [0, 0.05) is 27.9 Å². The number of benzene rings is 2. The van der Waals surface area contributed by atoms with E-state index in [-0.39, 0.29) is 6.42 Å². The van der Waals surface area contributed by atoms with E-state index in [1.807, 2.05) is 60.0 Å². The molecule has 0 aliphatic heterocycles. The van der Waals surface area contributed by atoms with Gasteiger partial charge >= 0.3 is 5.97 Å². The standard InChI is InChI=1S/C21H17ClN2O3S/c1-13-7-19(27-12-14-5-3-2-4-6-14)16(9-17(13)22)18-11-24-10-15(8-20(25)26)28-21(24)23-18/h2-7,9-11H,8,12H2,1H3,(H,25,26). The van der Waals surface area contributed by atoms with Crippen molar-refractivity contribution in [2.24, 2.45) is 0 Å². The molecule has 0 amide bonds. The number of aryl methyl sites for hydroxylation is 1. The first-order valence-corrected chi connectivity index (χ1v) is 9.85. The van der Waals surface area contributed by atoms with Crippen molar-refractivity contribution in [3.05, 3.63) is 75.9 Å². The number of ether oxygens (including phenoxy) is 1. The molecule has 0 aliphatic rings. The zero-order valence-electron chi connectivity index (χ0n) is 15.1. The Kier molecular flexibility index (Phi) is 5.07. The largest absolute Gasteiger partial charge is 0.488 e. The van der Waals surface area contributed by atoms with E-state index in [1.165, 1.54) is 11.3 Å². The highest BCUT2D eigenvalue weighted by atomic mass is 35.5. The smallest absolute Gasteiger partial charge is 0.308 e. The van der Waals surface area contributed by atoms with Crippen LogP contribution in [0.15, 0.2) is 54.9 Å². The summed E-state index contributed by atoms with van der Waals surface area (Å²) in [5, 5.41) is 9.60. The number of halogens is 1. The van der Waals surface area contributed by atoms with Crippen LogP contribution in [-0.2, 0) is 17.8 Å². The van der Waals surface area contributed by atoms with Gasteiger partial charge in [0.15, 0.2) is 4.96 Å². The van der Waals surface area contributed by atoms with Gasteiger partial charge in [-0.05, 0) is 30.2 Å². The van der Waals surface area contributed by atoms with Crippen LogP contribution in [0.3, 0.4) is 0 Å². The van der Waals surface area contributed by atoms with Crippen molar-refractivity contribution in [3.8, 4) is 17.0 Å². The number of rotatable bonds is 6. The van der Waals surface area contributed by atoms with Gasteiger partial charge in [-0.15, -0.1) is 11.3 Å². The lowest BCUT2D eigenvalue weighted by atomic mass is 10.1. The van der Waals surface area contributed by atoms with E-state index in [9.17, 15) is 4.79 Å². The number of hydrogen-bond acceptors (Lipinski definition) is 4. The molecule has 2 heterocycles. The van der Waals surface area contributed by atoms with E-state index in [0.29, 0.717) is 17.4 Å². The first-order valence-electron chi connectivity index (χ1n) is 8.66. The van der Waals surface area contributed by atoms with Gasteiger partial charge in [0.2, 0.25) is 0 Å². The number of nitrogens with zero attached hydrogens (tertiary/aromatic N) is 2. The highest BCUT2D eigenvalue weighted by Crippen LogP contribution is 2.36. The second-order valence-electron chi connectivity index (χ2n) is 6.46. The number of hydrogen-bond donors (Lipinski definition) is 1. The van der Waals surface area contributed by atoms with E-state index in [4.69, 9.17) is 21.4 Å². The van der Waals surface area contributed by atoms with Gasteiger partial charge in [-0.25, -0.2) is 4.98 Å². The predicted octanol–water partition coefficient (Wildman–Crippen LogP) is 5.23. The number of thiazole rings is 1. The summed E-state index contributed by atoms with van der Waals surface area (Å²) in [4.78, 5) is 17.0. The first kappa shape index (κ1) is 18.5. The molecule has 142 valence electrons. The molecule has 0 aliphatic carbocycles. The van der Waals surface area contributed by atoms with Crippen LogP contribution in [0.1, 0.15) is 16.0 Å². The Morgan fingerprint density at radius 2 is 2.04 bits per heavy atom. The molecule has 28 heavy (non-hydrogen) atoms. The van der Waals surface area contributed by atoms with Crippen LogP contribution in [0, 0.1) is 6.92 Å². The molecule has 0 bridgehead atoms. The summed E-state index contributed by atoms with van der Waals surface area (Å²) in [6.45, 7) is 2.38. The SMILES string of the molecule is Cc1cc(OCc2ccccc2)c(-c2cn3cc(CC(=O)O)sc3n2)cc1Cl. The lowest BCUT2D eigenvalue weighted by Crippen LogP contribution is -1.98. The molecule has 1 N–H and O–H groups in total. The fourth-order valence-electron chi connectivity index (χ4n) is 2.91. The molecule has 7 heteroatoms. The summed E-state index contributed by atoms with van der Waals surface area (Å²) in [5.41, 5.74) is 3.55. The van der Waals surface area contributed by atoms with Crippen molar-refractivity contribution in [2.45, 2.75) is 20.0 Å². The normalized spacial score (nSPS) is 11.1. The highest BCUT2D eigenvalue weighted by Gasteiger charge is 2.15. The third-order valence-electron chi connectivity index (χ3n) is 4.30. The zero-order valence-corrected chi connectivity index (χ0v) is 16.6. The van der Waals surface area contributed by atoms with Gasteiger partial charge in [0.1, 0.15) is 12.4 Å². The molecule has 0 saturated carbocycles. The molecule has 4 rings (SSSR count). The molecule has 4 aromatic rings. The predicted molar refractivity (Wildman–Crippen MR) is 110 cm³/mol. The molecule has 2 aromatic carbocycles. The van der Waals surface area contributed by atoms with Crippen LogP contribution in [-0.4, -0.2) is 20.5 Å². The number of carbonyl (C=O) groups is 1. The average molecular weight is 413 g/mol. The maximum absolute atomic E-state index is 10.9. The number of aromatic nitrogens is 2. The number of carboxylic acids is 1. The zero-order chi connectivity index (χ0) is 19.7. The Bertz CT molecular complexity index is 1120. The summed E-state index contributed by atoms with van der Waals surface area (Å²) in [6.07, 6.45) is 3.66. The first-order chi connectivity index (χ1) is 13.5. The molecule has 0 saturated heterocycles. The molecule has 0 fully saturated rings. The monoisotopic (exact) mass is 412 g/mol. The summed E-state index contributed by atoms with van der Waals surface area (Å²) in [5.74, 6) is -0.145. The van der Waals surface area contributed by atoms with E-state index in [2.05, 4.69) is 4.98 Å². The number of imidazole rings is 1. The van der Waals surface area contributed by atoms with Gasteiger partial charge < -0.3 is 9.84 Å². The fourth-order valence-corrected chi connectivity index (χ4v) is 4.03. The van der Waals surface area contributed by atoms with Crippen LogP contribution in [0.2, 0.25) is 5.02 Å². The minimum atomic E-state index is -0.855. The molecule has 0 spiro atoms. The minimum absolute atomic E-state index is 0.00877. The van der Waals surface area contributed by atoms with Crippen molar-refractivity contribution in [1.29, 1.82) is 0 Å². The summed E-state index contributed by atoms with van der Waals surface area (Å²) in [6, 6.07) is 13.7. The second kappa shape index (κ2) is 7.66. The molecular weight excluding hydrogens is 396 g/mol. The second-order valence-corrected chi connectivity index (χ2v) is 7.96. The summed E-state index contributed by atoms with van der Waals surface area (Å²) < 4.78 is 7.92. The van der Waals surface area contributed by atoms with E-state index in [1.54, 1.807) is 6.20 Å². The Balaban J connectivity index is 1.67. The van der Waals surface area contributed by atoms with Crippen molar-refractivity contribution in [3.63, 3.8) is 0 Å². The Morgan fingerprint density at radius 1 is 1.25 bits per heavy atom. The van der Waals surface area contributed by atoms with Crippen LogP contribution in [0.4, 0.5) is 0 Å². The lowest BCUT2D eigenvalue weighted by molar-refractivity contribution is -0.136. The number of carboxylic acid groups (broad SMARTS) is 1. The highest BCUT2D eigenvalue weighted by molar-refractivity contribution is 7.17. The van der Waals surface area contributed by atoms with E-state index < -0.39 is 5.97 Å². The molecule has 5 nitrogen and oxygen atoms in total. The van der Waals surface area contributed by atoms with Crippen LogP contribution >= 0.6 is 22.9 Å². The quantitative estimate of drug-likeness (QED) is 0.471. The summed E-state index contributed by atoms with van der Waals surface area (Å²) >= 11 is 7.72. The van der Waals surface area contributed by atoms with E-state index >= 15 is 0 Å². The molecule has 0 radical (unpaired) electrons. The number of fused-ring (bicyclic) bond motifs is 1.